The molecule has 3 N–H and O–H groups in total. The summed E-state index contributed by atoms with van der Waals surface area (Å²) in [5.41, 5.74) is 7.64. The first kappa shape index (κ1) is 18.4. The van der Waals surface area contributed by atoms with E-state index in [4.69, 9.17) is 5.73 Å². The van der Waals surface area contributed by atoms with Crippen LogP contribution in [-0.4, -0.2) is 32.8 Å². The molecule has 0 aliphatic rings. The first-order valence-electron chi connectivity index (χ1n) is 8.54. The van der Waals surface area contributed by atoms with Gasteiger partial charge in [-0.25, -0.2) is 9.67 Å². The number of aryl methyl sites for hydroxylation is 1. The summed E-state index contributed by atoms with van der Waals surface area (Å²) in [7, 11) is 0. The number of nitrogens with zero attached hydrogens (tertiary/aromatic N) is 3. The quantitative estimate of drug-likeness (QED) is 0.852. The molecule has 6 nitrogen and oxygen atoms in total. The summed E-state index contributed by atoms with van der Waals surface area (Å²) in [5, 5.41) is 8.29. The normalized spacial score (nSPS) is 14.4. The van der Waals surface area contributed by atoms with Crippen molar-refractivity contribution in [2.45, 2.75) is 59.5 Å². The molecule has 0 aromatic carbocycles. The van der Waals surface area contributed by atoms with Crippen molar-refractivity contribution in [1.29, 1.82) is 0 Å². The van der Waals surface area contributed by atoms with E-state index in [1.165, 1.54) is 0 Å². The van der Waals surface area contributed by atoms with Crippen molar-refractivity contribution in [2.24, 2.45) is 11.7 Å². The molecule has 1 atom stereocenters. The third-order valence-corrected chi connectivity index (χ3v) is 4.15. The van der Waals surface area contributed by atoms with Crippen molar-refractivity contribution in [3.63, 3.8) is 0 Å². The molecule has 0 aliphatic carbocycles. The minimum absolute atomic E-state index is 0.123. The van der Waals surface area contributed by atoms with Gasteiger partial charge in [-0.3, -0.25) is 4.79 Å². The zero-order valence-corrected chi connectivity index (χ0v) is 15.6. The van der Waals surface area contributed by atoms with E-state index in [0.29, 0.717) is 18.0 Å². The summed E-state index contributed by atoms with van der Waals surface area (Å²) >= 11 is 0. The van der Waals surface area contributed by atoms with Crippen LogP contribution < -0.4 is 11.1 Å². The van der Waals surface area contributed by atoms with E-state index < -0.39 is 5.54 Å². The average molecular weight is 331 g/mol. The molecule has 0 saturated heterocycles. The van der Waals surface area contributed by atoms with Gasteiger partial charge in [0.2, 0.25) is 0 Å². The third kappa shape index (κ3) is 3.75. The number of carbonyl (C=O) groups excluding carboxylic acids is 1. The van der Waals surface area contributed by atoms with Gasteiger partial charge in [-0.05, 0) is 46.1 Å². The monoisotopic (exact) mass is 331 g/mol. The van der Waals surface area contributed by atoms with E-state index in [9.17, 15) is 4.79 Å². The van der Waals surface area contributed by atoms with Crippen molar-refractivity contribution in [3.05, 3.63) is 23.5 Å². The molecule has 2 rings (SSSR count). The number of hydrogen-bond acceptors (Lipinski definition) is 4. The summed E-state index contributed by atoms with van der Waals surface area (Å²) in [6.07, 6.45) is 2.55. The average Bonchev–Trinajstić information content (AvgIpc) is 2.89. The topological polar surface area (TPSA) is 85.8 Å². The standard InChI is InChI=1S/C18H29N5O/c1-11(2)8-18(6,10-19)22-17(24)14-7-13(5)21-16-15(14)9-20-23(16)12(3)4/h7,9,11-12H,8,10,19H2,1-6H3,(H,22,24). The van der Waals surface area contributed by atoms with Crippen LogP contribution in [0.3, 0.4) is 0 Å². The lowest BCUT2D eigenvalue weighted by Crippen LogP contribution is -2.52. The van der Waals surface area contributed by atoms with Gasteiger partial charge < -0.3 is 11.1 Å². The number of rotatable bonds is 6. The first-order valence-corrected chi connectivity index (χ1v) is 8.54. The number of fused-ring (bicyclic) bond motifs is 1. The van der Waals surface area contributed by atoms with Crippen molar-refractivity contribution < 1.29 is 4.79 Å². The lowest BCUT2D eigenvalue weighted by Gasteiger charge is -2.31. The Hall–Kier alpha value is -1.95. The molecule has 0 spiro atoms. The first-order chi connectivity index (χ1) is 11.2. The van der Waals surface area contributed by atoms with Gasteiger partial charge in [-0.15, -0.1) is 0 Å². The van der Waals surface area contributed by atoms with Crippen LogP contribution in [0.2, 0.25) is 0 Å². The highest BCUT2D eigenvalue weighted by Crippen LogP contribution is 2.22. The van der Waals surface area contributed by atoms with Crippen LogP contribution in [0.4, 0.5) is 0 Å². The van der Waals surface area contributed by atoms with Crippen molar-refractivity contribution in [2.75, 3.05) is 6.54 Å². The molecule has 132 valence electrons. The van der Waals surface area contributed by atoms with Crippen LogP contribution in [0.5, 0.6) is 0 Å². The van der Waals surface area contributed by atoms with Crippen LogP contribution >= 0.6 is 0 Å². The summed E-state index contributed by atoms with van der Waals surface area (Å²) < 4.78 is 1.84. The van der Waals surface area contributed by atoms with E-state index in [2.05, 4.69) is 29.2 Å². The summed E-state index contributed by atoms with van der Waals surface area (Å²) in [4.78, 5) is 17.5. The minimum Gasteiger partial charge on any atom is -0.346 e. The van der Waals surface area contributed by atoms with Gasteiger partial charge in [0, 0.05) is 23.8 Å². The van der Waals surface area contributed by atoms with Gasteiger partial charge in [0.1, 0.15) is 0 Å². The Labute approximate surface area is 143 Å². The Bertz CT molecular complexity index is 734. The van der Waals surface area contributed by atoms with Crippen LogP contribution in [0.1, 0.15) is 63.1 Å². The summed E-state index contributed by atoms with van der Waals surface area (Å²) in [6, 6.07) is 2.00. The van der Waals surface area contributed by atoms with Crippen molar-refractivity contribution in [1.82, 2.24) is 20.1 Å². The fraction of sp³-hybridized carbons (Fsp3) is 0.611. The van der Waals surface area contributed by atoms with Crippen LogP contribution in [0, 0.1) is 12.8 Å². The molecule has 2 aromatic heterocycles. The fourth-order valence-corrected chi connectivity index (χ4v) is 3.14. The van der Waals surface area contributed by atoms with E-state index in [-0.39, 0.29) is 11.9 Å². The third-order valence-electron chi connectivity index (χ3n) is 4.15. The second-order valence-corrected chi connectivity index (χ2v) is 7.55. The number of amides is 1. The highest BCUT2D eigenvalue weighted by atomic mass is 16.1. The molecule has 2 heterocycles. The molecule has 0 saturated carbocycles. The van der Waals surface area contributed by atoms with E-state index in [1.807, 2.05) is 38.4 Å². The number of pyridine rings is 1. The number of carbonyl (C=O) groups is 1. The van der Waals surface area contributed by atoms with Gasteiger partial charge in [-0.2, -0.15) is 5.10 Å². The highest BCUT2D eigenvalue weighted by Gasteiger charge is 2.27. The van der Waals surface area contributed by atoms with Gasteiger partial charge in [0.25, 0.3) is 5.91 Å². The number of nitrogens with one attached hydrogen (secondary N) is 1. The molecule has 0 radical (unpaired) electrons. The lowest BCUT2D eigenvalue weighted by molar-refractivity contribution is 0.0900. The second kappa shape index (κ2) is 6.89. The van der Waals surface area contributed by atoms with Crippen molar-refractivity contribution >= 4 is 16.9 Å². The van der Waals surface area contributed by atoms with E-state index in [1.54, 1.807) is 6.20 Å². The zero-order chi connectivity index (χ0) is 18.1. The molecule has 1 unspecified atom stereocenters. The molecule has 0 aliphatic heterocycles. The second-order valence-electron chi connectivity index (χ2n) is 7.55. The maximum atomic E-state index is 12.9. The molecular formula is C18H29N5O. The molecule has 24 heavy (non-hydrogen) atoms. The zero-order valence-electron chi connectivity index (χ0n) is 15.6. The fourth-order valence-electron chi connectivity index (χ4n) is 3.14. The largest absolute Gasteiger partial charge is 0.346 e. The maximum absolute atomic E-state index is 12.9. The van der Waals surface area contributed by atoms with Gasteiger partial charge in [0.05, 0.1) is 17.1 Å². The van der Waals surface area contributed by atoms with Gasteiger partial charge in [-0.1, -0.05) is 13.8 Å². The summed E-state index contributed by atoms with van der Waals surface area (Å²) in [6.45, 7) is 12.6. The van der Waals surface area contributed by atoms with E-state index >= 15 is 0 Å². The maximum Gasteiger partial charge on any atom is 0.252 e. The molecule has 0 fully saturated rings. The smallest absolute Gasteiger partial charge is 0.252 e. The molecule has 2 aromatic rings. The van der Waals surface area contributed by atoms with Crippen LogP contribution in [0.15, 0.2) is 12.3 Å². The Morgan fingerprint density at radius 2 is 2.04 bits per heavy atom. The Balaban J connectivity index is 2.43. The predicted molar refractivity (Wildman–Crippen MR) is 97.0 cm³/mol. The predicted octanol–water partition coefficient (Wildman–Crippen LogP) is 2.81. The van der Waals surface area contributed by atoms with Crippen LogP contribution in [0.25, 0.3) is 11.0 Å². The lowest BCUT2D eigenvalue weighted by atomic mass is 9.90. The number of aromatic nitrogens is 3. The molecule has 0 bridgehead atoms. The Morgan fingerprint density at radius 3 is 2.58 bits per heavy atom. The van der Waals surface area contributed by atoms with E-state index in [0.717, 1.165) is 23.1 Å². The molecular weight excluding hydrogens is 302 g/mol. The highest BCUT2D eigenvalue weighted by molar-refractivity contribution is 6.05. The summed E-state index contributed by atoms with van der Waals surface area (Å²) in [5.74, 6) is 0.323. The SMILES string of the molecule is Cc1cc(C(=O)NC(C)(CN)CC(C)C)c2cnn(C(C)C)c2n1. The van der Waals surface area contributed by atoms with Crippen LogP contribution in [-0.2, 0) is 0 Å². The molecule has 1 amide bonds. The number of nitrogens with two attached hydrogens (primary N) is 1. The van der Waals surface area contributed by atoms with Gasteiger partial charge >= 0.3 is 0 Å². The van der Waals surface area contributed by atoms with Gasteiger partial charge in [0.15, 0.2) is 5.65 Å². The minimum atomic E-state index is -0.428. The Kier molecular flexibility index (Phi) is 5.28. The van der Waals surface area contributed by atoms with Crippen molar-refractivity contribution in [3.8, 4) is 0 Å². The number of hydrogen-bond donors (Lipinski definition) is 2. The molecule has 6 heteroatoms. The Morgan fingerprint density at radius 1 is 1.38 bits per heavy atom.